The van der Waals surface area contributed by atoms with Crippen LogP contribution in [0.4, 0.5) is 0 Å². The predicted octanol–water partition coefficient (Wildman–Crippen LogP) is 1.34. The zero-order valence-corrected chi connectivity index (χ0v) is 19.3. The quantitative estimate of drug-likeness (QED) is 0.559. The average Bonchev–Trinajstić information content (AvgIpc) is 3.01. The molecule has 8 nitrogen and oxygen atoms in total. The van der Waals surface area contributed by atoms with Crippen LogP contribution in [0.5, 0.6) is 5.75 Å². The van der Waals surface area contributed by atoms with E-state index >= 15 is 0 Å². The fourth-order valence-corrected chi connectivity index (χ4v) is 4.79. The molecule has 8 heteroatoms. The molecule has 176 valence electrons. The van der Waals surface area contributed by atoms with Crippen LogP contribution in [-0.2, 0) is 24.5 Å². The van der Waals surface area contributed by atoms with Gasteiger partial charge in [0.25, 0.3) is 0 Å². The minimum absolute atomic E-state index is 0.0817. The summed E-state index contributed by atoms with van der Waals surface area (Å²) in [5.41, 5.74) is -0.0484. The second kappa shape index (κ2) is 10.3. The molecule has 0 spiro atoms. The van der Waals surface area contributed by atoms with E-state index in [1.165, 1.54) is 4.90 Å². The number of hydrogen-bond donors (Lipinski definition) is 0. The summed E-state index contributed by atoms with van der Waals surface area (Å²) in [5, 5.41) is 0. The molecule has 3 fully saturated rings. The number of nitrogens with zero attached hydrogens (tertiary/aromatic N) is 3. The van der Waals surface area contributed by atoms with Gasteiger partial charge in [0.05, 0.1) is 51.0 Å². The Labute approximate surface area is 190 Å². The second-order valence-corrected chi connectivity index (χ2v) is 8.98. The number of rotatable bonds is 8. The van der Waals surface area contributed by atoms with E-state index in [9.17, 15) is 9.59 Å². The van der Waals surface area contributed by atoms with Crippen molar-refractivity contribution in [3.8, 4) is 5.75 Å². The Bertz CT molecular complexity index is 789. The largest absolute Gasteiger partial charge is 0.494 e. The first kappa shape index (κ1) is 23.2. The summed E-state index contributed by atoms with van der Waals surface area (Å²) in [6.07, 6.45) is 0.935. The zero-order valence-electron chi connectivity index (χ0n) is 19.3. The van der Waals surface area contributed by atoms with E-state index in [2.05, 4.69) is 16.7 Å². The van der Waals surface area contributed by atoms with E-state index in [-0.39, 0.29) is 11.8 Å². The number of ether oxygens (including phenoxy) is 3. The van der Waals surface area contributed by atoms with Gasteiger partial charge in [-0.25, -0.2) is 0 Å². The summed E-state index contributed by atoms with van der Waals surface area (Å²) in [6.45, 7) is 11.1. The van der Waals surface area contributed by atoms with Gasteiger partial charge in [0.15, 0.2) is 0 Å². The molecule has 0 radical (unpaired) electrons. The van der Waals surface area contributed by atoms with Crippen LogP contribution in [0.3, 0.4) is 0 Å². The van der Waals surface area contributed by atoms with Crippen molar-refractivity contribution < 1.29 is 23.8 Å². The summed E-state index contributed by atoms with van der Waals surface area (Å²) in [7, 11) is 0. The summed E-state index contributed by atoms with van der Waals surface area (Å²) in [6, 6.07) is 7.70. The lowest BCUT2D eigenvalue weighted by Gasteiger charge is -2.34. The van der Waals surface area contributed by atoms with Gasteiger partial charge in [-0.2, -0.15) is 0 Å². The van der Waals surface area contributed by atoms with E-state index in [1.54, 1.807) is 0 Å². The molecule has 0 aromatic heterocycles. The minimum Gasteiger partial charge on any atom is -0.494 e. The van der Waals surface area contributed by atoms with Crippen molar-refractivity contribution in [2.24, 2.45) is 5.92 Å². The highest BCUT2D eigenvalue weighted by atomic mass is 16.5. The van der Waals surface area contributed by atoms with Crippen LogP contribution in [-0.4, -0.2) is 98.9 Å². The third-order valence-corrected chi connectivity index (χ3v) is 6.87. The molecule has 3 saturated heterocycles. The highest BCUT2D eigenvalue weighted by molar-refractivity contribution is 6.10. The molecule has 0 aliphatic carbocycles. The molecule has 1 aromatic carbocycles. The lowest BCUT2D eigenvalue weighted by molar-refractivity contribution is -0.143. The summed E-state index contributed by atoms with van der Waals surface area (Å²) in [5.74, 6) is 0.152. The molecular weight excluding hydrogens is 410 g/mol. The average molecular weight is 446 g/mol. The highest BCUT2D eigenvalue weighted by Gasteiger charge is 2.57. The number of carbonyl (C=O) groups is 2. The maximum Gasteiger partial charge on any atom is 0.241 e. The number of likely N-dealkylation sites (tertiary alicyclic amines) is 1. The van der Waals surface area contributed by atoms with Gasteiger partial charge in [0.1, 0.15) is 5.75 Å². The van der Waals surface area contributed by atoms with E-state index in [4.69, 9.17) is 14.2 Å². The first-order valence-electron chi connectivity index (χ1n) is 11.7. The number of morpholine rings is 2. The number of imide groups is 1. The zero-order chi connectivity index (χ0) is 22.6. The lowest BCUT2D eigenvalue weighted by atomic mass is 9.73. The summed E-state index contributed by atoms with van der Waals surface area (Å²) in [4.78, 5) is 33.3. The Kier molecular flexibility index (Phi) is 7.45. The number of hydrogen-bond acceptors (Lipinski definition) is 7. The second-order valence-electron chi connectivity index (χ2n) is 8.98. The minimum atomic E-state index is -0.912. The Morgan fingerprint density at radius 2 is 1.56 bits per heavy atom. The van der Waals surface area contributed by atoms with Crippen molar-refractivity contribution in [2.75, 3.05) is 72.4 Å². The molecule has 3 aliphatic rings. The normalized spacial score (nSPS) is 27.8. The smallest absolute Gasteiger partial charge is 0.241 e. The van der Waals surface area contributed by atoms with Gasteiger partial charge in [-0.05, 0) is 31.0 Å². The van der Waals surface area contributed by atoms with Gasteiger partial charge >= 0.3 is 0 Å². The molecule has 2 atom stereocenters. The number of carbonyl (C=O) groups excluding carboxylic acids is 2. The van der Waals surface area contributed by atoms with Gasteiger partial charge < -0.3 is 14.2 Å². The molecule has 0 N–H and O–H groups in total. The van der Waals surface area contributed by atoms with Crippen molar-refractivity contribution in [2.45, 2.75) is 25.7 Å². The fourth-order valence-electron chi connectivity index (χ4n) is 4.79. The third kappa shape index (κ3) is 4.69. The maximum absolute atomic E-state index is 13.8. The standard InChI is InChI=1S/C24H35N3O5/c1-3-12-32-20-6-4-19(5-7-20)24(2)21(17-25-8-13-30-14-9-25)22(28)27(23(24)29)18-26-10-15-31-16-11-26/h4-7,21H,3,8-18H2,1-2H3/t21-,24+/m1/s1. The van der Waals surface area contributed by atoms with Crippen LogP contribution in [0.1, 0.15) is 25.8 Å². The first-order valence-corrected chi connectivity index (χ1v) is 11.7. The highest BCUT2D eigenvalue weighted by Crippen LogP contribution is 2.42. The topological polar surface area (TPSA) is 71.6 Å². The van der Waals surface area contributed by atoms with Gasteiger partial charge in [-0.3, -0.25) is 24.3 Å². The molecule has 32 heavy (non-hydrogen) atoms. The van der Waals surface area contributed by atoms with Crippen molar-refractivity contribution in [3.63, 3.8) is 0 Å². The van der Waals surface area contributed by atoms with Gasteiger partial charge in [-0.1, -0.05) is 19.1 Å². The predicted molar refractivity (Wildman–Crippen MR) is 119 cm³/mol. The summed E-state index contributed by atoms with van der Waals surface area (Å²) >= 11 is 0. The molecule has 3 heterocycles. The molecule has 2 amide bonds. The third-order valence-electron chi connectivity index (χ3n) is 6.87. The SMILES string of the molecule is CCCOc1ccc([C@]2(C)C(=O)N(CN3CCOCC3)C(=O)[C@H]2CN2CCOCC2)cc1. The van der Waals surface area contributed by atoms with Crippen LogP contribution in [0.2, 0.25) is 0 Å². The lowest BCUT2D eigenvalue weighted by Crippen LogP contribution is -2.47. The van der Waals surface area contributed by atoms with Gasteiger partial charge in [0, 0.05) is 32.7 Å². The number of benzene rings is 1. The Morgan fingerprint density at radius 3 is 2.16 bits per heavy atom. The van der Waals surface area contributed by atoms with Crippen LogP contribution >= 0.6 is 0 Å². The van der Waals surface area contributed by atoms with Crippen LogP contribution < -0.4 is 4.74 Å². The van der Waals surface area contributed by atoms with Gasteiger partial charge in [0.2, 0.25) is 11.8 Å². The Morgan fingerprint density at radius 1 is 0.969 bits per heavy atom. The van der Waals surface area contributed by atoms with Crippen molar-refractivity contribution in [3.05, 3.63) is 29.8 Å². The molecule has 0 bridgehead atoms. The van der Waals surface area contributed by atoms with Crippen molar-refractivity contribution in [1.82, 2.24) is 14.7 Å². The van der Waals surface area contributed by atoms with Crippen LogP contribution in [0.15, 0.2) is 24.3 Å². The molecule has 0 saturated carbocycles. The van der Waals surface area contributed by atoms with Gasteiger partial charge in [-0.15, -0.1) is 0 Å². The first-order chi connectivity index (χ1) is 15.5. The number of amides is 2. The fraction of sp³-hybridized carbons (Fsp3) is 0.667. The molecular formula is C24H35N3O5. The van der Waals surface area contributed by atoms with E-state index in [1.807, 2.05) is 31.2 Å². The van der Waals surface area contributed by atoms with E-state index < -0.39 is 11.3 Å². The molecule has 3 aliphatic heterocycles. The monoisotopic (exact) mass is 445 g/mol. The molecule has 1 aromatic rings. The maximum atomic E-state index is 13.8. The molecule has 4 rings (SSSR count). The summed E-state index contributed by atoms with van der Waals surface area (Å²) < 4.78 is 16.6. The van der Waals surface area contributed by atoms with Crippen molar-refractivity contribution >= 4 is 11.8 Å². The van der Waals surface area contributed by atoms with Crippen LogP contribution in [0, 0.1) is 5.92 Å². The van der Waals surface area contributed by atoms with Crippen LogP contribution in [0.25, 0.3) is 0 Å². The Hall–Kier alpha value is -2.00. The van der Waals surface area contributed by atoms with Crippen molar-refractivity contribution in [1.29, 1.82) is 0 Å². The Balaban J connectivity index is 1.60. The molecule has 0 unspecified atom stereocenters. The van der Waals surface area contributed by atoms with E-state index in [0.717, 1.165) is 43.9 Å². The van der Waals surface area contributed by atoms with E-state index in [0.29, 0.717) is 46.2 Å².